The number of hydrogen-bond acceptors (Lipinski definition) is 3. The number of carboxylic acid groups (broad SMARTS) is 1. The van der Waals surface area contributed by atoms with Crippen LogP contribution < -0.4 is 5.32 Å². The summed E-state index contributed by atoms with van der Waals surface area (Å²) in [5.41, 5.74) is 0.210. The van der Waals surface area contributed by atoms with Crippen molar-refractivity contribution in [3.05, 3.63) is 35.4 Å². The van der Waals surface area contributed by atoms with E-state index in [1.54, 1.807) is 38.1 Å². The molecule has 0 aliphatic rings. The van der Waals surface area contributed by atoms with Crippen molar-refractivity contribution >= 4 is 11.9 Å². The molecule has 1 amide bonds. The molecular formula is C14H19NO4. The molecule has 0 heterocycles. The number of benzene rings is 1. The monoisotopic (exact) mass is 265 g/mol. The molecule has 0 saturated heterocycles. The zero-order chi connectivity index (χ0) is 14.5. The van der Waals surface area contributed by atoms with E-state index in [2.05, 4.69) is 5.32 Å². The molecule has 5 heteroatoms. The summed E-state index contributed by atoms with van der Waals surface area (Å²) in [4.78, 5) is 23.0. The van der Waals surface area contributed by atoms with E-state index >= 15 is 0 Å². The Hall–Kier alpha value is -1.88. The molecule has 0 radical (unpaired) electrons. The number of amides is 1. The van der Waals surface area contributed by atoms with Crippen LogP contribution >= 0.6 is 0 Å². The lowest BCUT2D eigenvalue weighted by molar-refractivity contribution is -0.147. The Morgan fingerprint density at radius 3 is 2.26 bits per heavy atom. The van der Waals surface area contributed by atoms with Gasteiger partial charge in [-0.25, -0.2) is 0 Å². The van der Waals surface area contributed by atoms with Gasteiger partial charge in [-0.1, -0.05) is 19.1 Å². The molecule has 0 spiro atoms. The van der Waals surface area contributed by atoms with Crippen LogP contribution in [-0.2, 0) is 11.4 Å². The number of hydrogen-bond donors (Lipinski definition) is 3. The third-order valence-electron chi connectivity index (χ3n) is 3.33. The smallest absolute Gasteiger partial charge is 0.311 e. The summed E-state index contributed by atoms with van der Waals surface area (Å²) in [7, 11) is 0. The highest BCUT2D eigenvalue weighted by Gasteiger charge is 2.31. The van der Waals surface area contributed by atoms with Crippen molar-refractivity contribution in [1.29, 1.82) is 0 Å². The summed E-state index contributed by atoms with van der Waals surface area (Å²) in [6, 6.07) is 6.52. The maximum atomic E-state index is 11.9. The highest BCUT2D eigenvalue weighted by Crippen LogP contribution is 2.20. The highest BCUT2D eigenvalue weighted by atomic mass is 16.4. The van der Waals surface area contributed by atoms with Crippen molar-refractivity contribution < 1.29 is 19.8 Å². The first-order chi connectivity index (χ1) is 8.92. The standard InChI is InChI=1S/C14H19NO4/c1-3-14(2,13(18)19)9-15-12(17)11-6-4-10(8-16)5-7-11/h4-7,16H,3,8-9H2,1-2H3,(H,15,17)(H,18,19). The molecule has 5 nitrogen and oxygen atoms in total. The summed E-state index contributed by atoms with van der Waals surface area (Å²) in [5, 5.41) is 20.6. The fourth-order valence-corrected chi connectivity index (χ4v) is 1.49. The van der Waals surface area contributed by atoms with Gasteiger partial charge in [0.2, 0.25) is 0 Å². The van der Waals surface area contributed by atoms with Gasteiger partial charge in [-0.2, -0.15) is 0 Å². The Bertz CT molecular complexity index is 455. The molecular weight excluding hydrogens is 246 g/mol. The van der Waals surface area contributed by atoms with Gasteiger partial charge in [-0.15, -0.1) is 0 Å². The van der Waals surface area contributed by atoms with Gasteiger partial charge in [0.1, 0.15) is 0 Å². The van der Waals surface area contributed by atoms with Crippen LogP contribution in [0.5, 0.6) is 0 Å². The second-order valence-corrected chi connectivity index (χ2v) is 4.76. The van der Waals surface area contributed by atoms with Crippen molar-refractivity contribution in [3.63, 3.8) is 0 Å². The van der Waals surface area contributed by atoms with Crippen LogP contribution in [0.15, 0.2) is 24.3 Å². The van der Waals surface area contributed by atoms with Gasteiger partial charge in [-0.3, -0.25) is 9.59 Å². The number of nitrogens with one attached hydrogen (secondary N) is 1. The van der Waals surface area contributed by atoms with Crippen LogP contribution in [0.2, 0.25) is 0 Å². The SMILES string of the molecule is CCC(C)(CNC(=O)c1ccc(CO)cc1)C(=O)O. The first-order valence-electron chi connectivity index (χ1n) is 6.14. The Labute approximate surface area is 112 Å². The lowest BCUT2D eigenvalue weighted by Gasteiger charge is -2.23. The number of carboxylic acids is 1. The summed E-state index contributed by atoms with van der Waals surface area (Å²) < 4.78 is 0. The van der Waals surface area contributed by atoms with Crippen LogP contribution in [-0.4, -0.2) is 28.6 Å². The molecule has 104 valence electrons. The second kappa shape index (κ2) is 6.33. The second-order valence-electron chi connectivity index (χ2n) is 4.76. The molecule has 0 bridgehead atoms. The summed E-state index contributed by atoms with van der Waals surface area (Å²) >= 11 is 0. The van der Waals surface area contributed by atoms with Gasteiger partial charge in [-0.05, 0) is 31.0 Å². The Balaban J connectivity index is 2.66. The number of aliphatic hydroxyl groups is 1. The molecule has 19 heavy (non-hydrogen) atoms. The van der Waals surface area contributed by atoms with E-state index in [9.17, 15) is 9.59 Å². The van der Waals surface area contributed by atoms with E-state index in [0.717, 1.165) is 5.56 Å². The first-order valence-corrected chi connectivity index (χ1v) is 6.14. The van der Waals surface area contributed by atoms with Gasteiger partial charge >= 0.3 is 5.97 Å². The summed E-state index contributed by atoms with van der Waals surface area (Å²) in [5.74, 6) is -1.24. The number of rotatable bonds is 6. The molecule has 1 atom stereocenters. The van der Waals surface area contributed by atoms with Gasteiger partial charge in [0, 0.05) is 12.1 Å². The van der Waals surface area contributed by atoms with E-state index in [1.807, 2.05) is 0 Å². The topological polar surface area (TPSA) is 86.6 Å². The number of carbonyl (C=O) groups excluding carboxylic acids is 1. The Kier molecular flexibility index (Phi) is 5.06. The highest BCUT2D eigenvalue weighted by molar-refractivity contribution is 5.94. The predicted molar refractivity (Wildman–Crippen MR) is 70.7 cm³/mol. The quantitative estimate of drug-likeness (QED) is 0.725. The Morgan fingerprint density at radius 2 is 1.84 bits per heavy atom. The molecule has 3 N–H and O–H groups in total. The summed E-state index contributed by atoms with van der Waals surface area (Å²) in [6.07, 6.45) is 0.437. The first kappa shape index (κ1) is 15.2. The van der Waals surface area contributed by atoms with E-state index < -0.39 is 11.4 Å². The third-order valence-corrected chi connectivity index (χ3v) is 3.33. The molecule has 1 aromatic rings. The average Bonchev–Trinajstić information content (AvgIpc) is 2.44. The predicted octanol–water partition coefficient (Wildman–Crippen LogP) is 1.41. The van der Waals surface area contributed by atoms with Crippen molar-refractivity contribution in [2.45, 2.75) is 26.9 Å². The minimum Gasteiger partial charge on any atom is -0.481 e. The van der Waals surface area contributed by atoms with Gasteiger partial charge in [0.05, 0.1) is 12.0 Å². The maximum absolute atomic E-state index is 11.9. The number of carbonyl (C=O) groups is 2. The minimum absolute atomic E-state index is 0.0746. The molecule has 1 aromatic carbocycles. The van der Waals surface area contributed by atoms with E-state index in [4.69, 9.17) is 10.2 Å². The van der Waals surface area contributed by atoms with Crippen molar-refractivity contribution in [2.24, 2.45) is 5.41 Å². The van der Waals surface area contributed by atoms with Crippen molar-refractivity contribution in [1.82, 2.24) is 5.32 Å². The van der Waals surface area contributed by atoms with E-state index in [-0.39, 0.29) is 19.1 Å². The molecule has 1 rings (SSSR count). The molecule has 0 fully saturated rings. The average molecular weight is 265 g/mol. The van der Waals surface area contributed by atoms with Crippen LogP contribution in [0, 0.1) is 5.41 Å². The molecule has 1 unspecified atom stereocenters. The van der Waals surface area contributed by atoms with Crippen LogP contribution in [0.25, 0.3) is 0 Å². The fraction of sp³-hybridized carbons (Fsp3) is 0.429. The van der Waals surface area contributed by atoms with Crippen LogP contribution in [0.1, 0.15) is 36.2 Å². The molecule has 0 aliphatic heterocycles. The normalized spacial score (nSPS) is 13.6. The third kappa shape index (κ3) is 3.79. The number of aliphatic carboxylic acids is 1. The van der Waals surface area contributed by atoms with Gasteiger partial charge in [0.25, 0.3) is 5.91 Å². The van der Waals surface area contributed by atoms with Crippen LogP contribution in [0.3, 0.4) is 0 Å². The molecule has 0 aromatic heterocycles. The lowest BCUT2D eigenvalue weighted by atomic mass is 9.87. The molecule has 0 saturated carbocycles. The van der Waals surface area contributed by atoms with E-state index in [0.29, 0.717) is 12.0 Å². The fourth-order valence-electron chi connectivity index (χ4n) is 1.49. The van der Waals surface area contributed by atoms with E-state index in [1.165, 1.54) is 0 Å². The van der Waals surface area contributed by atoms with Crippen molar-refractivity contribution in [2.75, 3.05) is 6.54 Å². The minimum atomic E-state index is -0.958. The maximum Gasteiger partial charge on any atom is 0.311 e. The summed E-state index contributed by atoms with van der Waals surface area (Å²) in [6.45, 7) is 3.38. The zero-order valence-corrected chi connectivity index (χ0v) is 11.1. The molecule has 0 aliphatic carbocycles. The van der Waals surface area contributed by atoms with Crippen molar-refractivity contribution in [3.8, 4) is 0 Å². The van der Waals surface area contributed by atoms with Crippen LogP contribution in [0.4, 0.5) is 0 Å². The lowest BCUT2D eigenvalue weighted by Crippen LogP contribution is -2.40. The van der Waals surface area contributed by atoms with Gasteiger partial charge in [0.15, 0.2) is 0 Å². The Morgan fingerprint density at radius 1 is 1.26 bits per heavy atom. The number of aliphatic hydroxyl groups excluding tert-OH is 1. The largest absolute Gasteiger partial charge is 0.481 e. The zero-order valence-electron chi connectivity index (χ0n) is 11.1. The van der Waals surface area contributed by atoms with Gasteiger partial charge < -0.3 is 15.5 Å².